The van der Waals surface area contributed by atoms with Crippen molar-refractivity contribution in [2.24, 2.45) is 11.3 Å². The van der Waals surface area contributed by atoms with Crippen LogP contribution in [0.25, 0.3) is 0 Å². The second kappa shape index (κ2) is 8.46. The lowest BCUT2D eigenvalue weighted by Crippen LogP contribution is -2.36. The van der Waals surface area contributed by atoms with E-state index in [2.05, 4.69) is 74.5 Å². The fraction of sp³-hybridized carbons (Fsp3) is 0.409. The van der Waals surface area contributed by atoms with Crippen molar-refractivity contribution in [2.75, 3.05) is 0 Å². The molecule has 25 heavy (non-hydrogen) atoms. The molecular formula is C22H26OS2. The highest BCUT2D eigenvalue weighted by molar-refractivity contribution is 8.17. The van der Waals surface area contributed by atoms with Gasteiger partial charge in [-0.2, -0.15) is 0 Å². The molecule has 1 atom stereocenters. The molecule has 0 aromatic heterocycles. The number of hydrogen-bond acceptors (Lipinski definition) is 3. The van der Waals surface area contributed by atoms with Gasteiger partial charge in [0.1, 0.15) is 5.78 Å². The molecule has 0 bridgehead atoms. The van der Waals surface area contributed by atoms with Crippen LogP contribution in [0.15, 0.2) is 70.5 Å². The molecule has 132 valence electrons. The molecule has 0 unspecified atom stereocenters. The van der Waals surface area contributed by atoms with Crippen LogP contribution in [0.3, 0.4) is 0 Å². The van der Waals surface area contributed by atoms with Crippen LogP contribution in [0.1, 0.15) is 39.5 Å². The van der Waals surface area contributed by atoms with Gasteiger partial charge in [-0.3, -0.25) is 4.79 Å². The molecule has 1 aliphatic rings. The van der Waals surface area contributed by atoms with Crippen molar-refractivity contribution in [1.82, 2.24) is 0 Å². The largest absolute Gasteiger partial charge is 0.299 e. The summed E-state index contributed by atoms with van der Waals surface area (Å²) < 4.78 is 0.344. The van der Waals surface area contributed by atoms with Crippen molar-refractivity contribution in [3.63, 3.8) is 0 Å². The van der Waals surface area contributed by atoms with Crippen LogP contribution < -0.4 is 0 Å². The van der Waals surface area contributed by atoms with Crippen LogP contribution in [-0.4, -0.2) is 10.4 Å². The van der Waals surface area contributed by atoms with Crippen molar-refractivity contribution in [1.29, 1.82) is 0 Å². The molecule has 0 radical (unpaired) electrons. The predicted molar refractivity (Wildman–Crippen MR) is 109 cm³/mol. The van der Waals surface area contributed by atoms with Crippen molar-refractivity contribution in [3.8, 4) is 0 Å². The average molecular weight is 371 g/mol. The van der Waals surface area contributed by atoms with Crippen LogP contribution in [0, 0.1) is 11.3 Å². The standard InChI is InChI=1S/C22H26OS2/c1-22(2)15-9-14-20(23)19(22)16-21(24-17-10-5-3-6-11-17)25-18-12-7-4-8-13-18/h3-8,10-13,19,21H,9,14-16H2,1-2H3/t19-/m0/s1. The molecule has 2 aromatic carbocycles. The Morgan fingerprint density at radius 2 is 1.48 bits per heavy atom. The Morgan fingerprint density at radius 3 is 1.96 bits per heavy atom. The van der Waals surface area contributed by atoms with Crippen LogP contribution in [-0.2, 0) is 4.79 Å². The highest BCUT2D eigenvalue weighted by atomic mass is 32.2. The van der Waals surface area contributed by atoms with Crippen molar-refractivity contribution < 1.29 is 4.79 Å². The molecule has 1 aliphatic carbocycles. The molecule has 0 N–H and O–H groups in total. The van der Waals surface area contributed by atoms with Gasteiger partial charge in [0.05, 0.1) is 4.58 Å². The summed E-state index contributed by atoms with van der Waals surface area (Å²) in [5.74, 6) is 0.627. The fourth-order valence-electron chi connectivity index (χ4n) is 3.57. The van der Waals surface area contributed by atoms with Gasteiger partial charge < -0.3 is 0 Å². The number of carbonyl (C=O) groups excluding carboxylic acids is 1. The molecule has 0 saturated heterocycles. The van der Waals surface area contributed by atoms with Gasteiger partial charge in [0, 0.05) is 22.1 Å². The summed E-state index contributed by atoms with van der Waals surface area (Å²) in [6.07, 6.45) is 3.89. The molecule has 0 amide bonds. The summed E-state index contributed by atoms with van der Waals surface area (Å²) in [5, 5.41) is 0. The zero-order valence-corrected chi connectivity index (χ0v) is 16.6. The minimum absolute atomic E-state index is 0.113. The Labute approximate surface area is 160 Å². The van der Waals surface area contributed by atoms with Gasteiger partial charge in [0.2, 0.25) is 0 Å². The van der Waals surface area contributed by atoms with Gasteiger partial charge >= 0.3 is 0 Å². The Bertz CT molecular complexity index is 640. The van der Waals surface area contributed by atoms with Crippen LogP contribution in [0.2, 0.25) is 0 Å². The molecule has 1 nitrogen and oxygen atoms in total. The third-order valence-corrected chi connectivity index (χ3v) is 7.60. The summed E-state index contributed by atoms with van der Waals surface area (Å²) in [4.78, 5) is 15.2. The summed E-state index contributed by atoms with van der Waals surface area (Å²) >= 11 is 3.78. The van der Waals surface area contributed by atoms with E-state index in [0.29, 0.717) is 10.4 Å². The van der Waals surface area contributed by atoms with Crippen LogP contribution in [0.5, 0.6) is 0 Å². The van der Waals surface area contributed by atoms with Crippen molar-refractivity contribution >= 4 is 29.3 Å². The first kappa shape index (κ1) is 18.6. The van der Waals surface area contributed by atoms with Crippen molar-refractivity contribution in [2.45, 2.75) is 53.9 Å². The van der Waals surface area contributed by atoms with Gasteiger partial charge in [0.15, 0.2) is 0 Å². The summed E-state index contributed by atoms with van der Waals surface area (Å²) in [6.45, 7) is 4.54. The van der Waals surface area contributed by atoms with E-state index < -0.39 is 0 Å². The number of hydrogen-bond donors (Lipinski definition) is 0. The second-order valence-electron chi connectivity index (χ2n) is 7.39. The lowest BCUT2D eigenvalue weighted by molar-refractivity contribution is -0.129. The Hall–Kier alpha value is -1.19. The summed E-state index contributed by atoms with van der Waals surface area (Å²) in [7, 11) is 0. The van der Waals surface area contributed by atoms with E-state index in [0.717, 1.165) is 25.7 Å². The summed E-state index contributed by atoms with van der Waals surface area (Å²) in [5.41, 5.74) is 0.113. The molecule has 0 aliphatic heterocycles. The third kappa shape index (κ3) is 5.15. The Morgan fingerprint density at radius 1 is 0.960 bits per heavy atom. The van der Waals surface area contributed by atoms with E-state index in [9.17, 15) is 4.79 Å². The topological polar surface area (TPSA) is 17.1 Å². The van der Waals surface area contributed by atoms with Crippen molar-refractivity contribution in [3.05, 3.63) is 60.7 Å². The van der Waals surface area contributed by atoms with Gasteiger partial charge in [-0.05, 0) is 48.9 Å². The molecule has 3 heteroatoms. The maximum Gasteiger partial charge on any atom is 0.136 e. The number of Topliss-reactive ketones (excluding diaryl/α,β-unsaturated/α-hetero) is 1. The number of rotatable bonds is 6. The van der Waals surface area contributed by atoms with E-state index in [-0.39, 0.29) is 11.3 Å². The zero-order valence-electron chi connectivity index (χ0n) is 15.0. The monoisotopic (exact) mass is 370 g/mol. The van der Waals surface area contributed by atoms with Gasteiger partial charge in [-0.25, -0.2) is 0 Å². The zero-order chi connectivity index (χ0) is 17.7. The van der Waals surface area contributed by atoms with Crippen LogP contribution in [0.4, 0.5) is 0 Å². The Balaban J connectivity index is 1.78. The molecule has 3 rings (SSSR count). The quantitative estimate of drug-likeness (QED) is 0.417. The van der Waals surface area contributed by atoms with E-state index in [1.807, 2.05) is 23.5 Å². The molecule has 0 heterocycles. The minimum Gasteiger partial charge on any atom is -0.299 e. The van der Waals surface area contributed by atoms with E-state index >= 15 is 0 Å². The smallest absolute Gasteiger partial charge is 0.136 e. The first-order chi connectivity index (χ1) is 12.0. The number of thioether (sulfide) groups is 2. The Kier molecular flexibility index (Phi) is 6.29. The van der Waals surface area contributed by atoms with Gasteiger partial charge in [-0.15, -0.1) is 23.5 Å². The second-order valence-corrected chi connectivity index (χ2v) is 10.2. The first-order valence-electron chi connectivity index (χ1n) is 9.01. The minimum atomic E-state index is 0.113. The van der Waals surface area contributed by atoms with Crippen LogP contribution >= 0.6 is 23.5 Å². The molecule has 1 saturated carbocycles. The van der Waals surface area contributed by atoms with Gasteiger partial charge in [-0.1, -0.05) is 50.2 Å². The molecule has 0 spiro atoms. The SMILES string of the molecule is CC1(C)CCCC(=O)[C@@H]1CC(Sc1ccccc1)Sc1ccccc1. The number of benzene rings is 2. The van der Waals surface area contributed by atoms with E-state index in [1.165, 1.54) is 9.79 Å². The first-order valence-corrected chi connectivity index (χ1v) is 10.8. The lowest BCUT2D eigenvalue weighted by Gasteiger charge is -2.39. The molecule has 2 aromatic rings. The summed E-state index contributed by atoms with van der Waals surface area (Å²) in [6, 6.07) is 21.1. The van der Waals surface area contributed by atoms with Gasteiger partial charge in [0.25, 0.3) is 0 Å². The highest BCUT2D eigenvalue weighted by Gasteiger charge is 2.39. The molecule has 1 fully saturated rings. The maximum atomic E-state index is 12.6. The normalized spacial score (nSPS) is 20.0. The highest BCUT2D eigenvalue weighted by Crippen LogP contribution is 2.46. The third-order valence-electron chi connectivity index (χ3n) is 5.03. The number of ketones is 1. The predicted octanol–water partition coefficient (Wildman–Crippen LogP) is 6.68. The fourth-order valence-corrected chi connectivity index (χ4v) is 6.24. The maximum absolute atomic E-state index is 12.6. The van der Waals surface area contributed by atoms with E-state index in [1.54, 1.807) is 0 Å². The lowest BCUT2D eigenvalue weighted by atomic mass is 9.67. The molecular weight excluding hydrogens is 344 g/mol. The van der Waals surface area contributed by atoms with E-state index in [4.69, 9.17) is 0 Å². The average Bonchev–Trinajstić information content (AvgIpc) is 2.60. The number of carbonyl (C=O) groups is 1.